The lowest BCUT2D eigenvalue weighted by Crippen LogP contribution is -2.28. The number of carbonyl (C=O) groups is 1. The Hall–Kier alpha value is -1.60. The second kappa shape index (κ2) is 4.50. The molecule has 7 heteroatoms. The predicted octanol–water partition coefficient (Wildman–Crippen LogP) is 0.537. The third-order valence-corrected chi connectivity index (χ3v) is 2.94. The van der Waals surface area contributed by atoms with E-state index in [9.17, 15) is 13.2 Å². The number of hydrogen-bond acceptors (Lipinski definition) is 4. The summed E-state index contributed by atoms with van der Waals surface area (Å²) in [5.41, 5.74) is 0.178. The van der Waals surface area contributed by atoms with Crippen LogP contribution in [0.1, 0.15) is 0 Å². The zero-order chi connectivity index (χ0) is 12.3. The first-order valence-electron chi connectivity index (χ1n) is 4.31. The van der Waals surface area contributed by atoms with Crippen molar-refractivity contribution in [1.82, 2.24) is 0 Å². The summed E-state index contributed by atoms with van der Waals surface area (Å²) in [7, 11) is -1.26. The quantitative estimate of drug-likeness (QED) is 0.822. The number of primary sulfonamides is 1. The minimum absolute atomic E-state index is 0.122. The highest BCUT2D eigenvalue weighted by molar-refractivity contribution is 7.89. The number of anilines is 1. The van der Waals surface area contributed by atoms with E-state index in [0.29, 0.717) is 0 Å². The Kier molecular flexibility index (Phi) is 3.51. The average molecular weight is 244 g/mol. The molecule has 0 heterocycles. The van der Waals surface area contributed by atoms with Gasteiger partial charge in [0, 0.05) is 7.05 Å². The summed E-state index contributed by atoms with van der Waals surface area (Å²) >= 11 is 0. The minimum Gasteiger partial charge on any atom is -0.452 e. The van der Waals surface area contributed by atoms with Gasteiger partial charge in [-0.1, -0.05) is 12.1 Å². The molecular weight excluding hydrogens is 232 g/mol. The fourth-order valence-electron chi connectivity index (χ4n) is 1.21. The number of rotatable bonds is 2. The molecule has 2 N–H and O–H groups in total. The van der Waals surface area contributed by atoms with Crippen molar-refractivity contribution >= 4 is 21.8 Å². The van der Waals surface area contributed by atoms with Crippen molar-refractivity contribution in [2.75, 3.05) is 19.1 Å². The number of nitrogens with zero attached hydrogens (tertiary/aromatic N) is 1. The van der Waals surface area contributed by atoms with E-state index < -0.39 is 16.1 Å². The van der Waals surface area contributed by atoms with Gasteiger partial charge in [-0.25, -0.2) is 18.4 Å². The molecule has 0 atom stereocenters. The smallest absolute Gasteiger partial charge is 0.413 e. The van der Waals surface area contributed by atoms with Gasteiger partial charge in [-0.15, -0.1) is 0 Å². The van der Waals surface area contributed by atoms with Crippen LogP contribution < -0.4 is 10.0 Å². The van der Waals surface area contributed by atoms with Crippen LogP contribution >= 0.6 is 0 Å². The molecule has 0 radical (unpaired) electrons. The van der Waals surface area contributed by atoms with Gasteiger partial charge in [-0.3, -0.25) is 4.90 Å². The molecule has 0 aliphatic rings. The summed E-state index contributed by atoms with van der Waals surface area (Å²) in [4.78, 5) is 12.2. The number of nitrogens with two attached hydrogens (primary N) is 1. The van der Waals surface area contributed by atoms with E-state index >= 15 is 0 Å². The molecule has 6 nitrogen and oxygen atoms in total. The van der Waals surface area contributed by atoms with Crippen LogP contribution in [0.15, 0.2) is 29.2 Å². The van der Waals surface area contributed by atoms with Gasteiger partial charge in [-0.05, 0) is 12.1 Å². The van der Waals surface area contributed by atoms with Gasteiger partial charge in [0.15, 0.2) is 0 Å². The fourth-order valence-corrected chi connectivity index (χ4v) is 1.97. The number of para-hydroxylation sites is 1. The minimum atomic E-state index is -3.87. The third kappa shape index (κ3) is 2.50. The molecule has 0 spiro atoms. The van der Waals surface area contributed by atoms with Crippen LogP contribution in [0.25, 0.3) is 0 Å². The molecule has 0 unspecified atom stereocenters. The predicted molar refractivity (Wildman–Crippen MR) is 58.6 cm³/mol. The SMILES string of the molecule is COC(=O)N(C)c1ccccc1S(N)(=O)=O. The molecule has 0 aliphatic heterocycles. The lowest BCUT2D eigenvalue weighted by Gasteiger charge is -2.17. The Morgan fingerprint density at radius 2 is 1.94 bits per heavy atom. The van der Waals surface area contributed by atoms with Gasteiger partial charge in [0.1, 0.15) is 4.90 Å². The van der Waals surface area contributed by atoms with Crippen molar-refractivity contribution in [3.63, 3.8) is 0 Å². The Morgan fingerprint density at radius 3 is 2.44 bits per heavy atom. The van der Waals surface area contributed by atoms with Crippen LogP contribution in [0.5, 0.6) is 0 Å². The van der Waals surface area contributed by atoms with E-state index in [1.165, 1.54) is 32.4 Å². The molecule has 1 aromatic rings. The van der Waals surface area contributed by atoms with Crippen LogP contribution in [0.3, 0.4) is 0 Å². The van der Waals surface area contributed by atoms with E-state index in [1.54, 1.807) is 6.07 Å². The molecule has 16 heavy (non-hydrogen) atoms. The molecular formula is C9H12N2O4S. The normalized spacial score (nSPS) is 10.9. The number of amides is 1. The molecule has 88 valence electrons. The zero-order valence-corrected chi connectivity index (χ0v) is 9.69. The van der Waals surface area contributed by atoms with Crippen molar-refractivity contribution in [3.05, 3.63) is 24.3 Å². The summed E-state index contributed by atoms with van der Waals surface area (Å²) < 4.78 is 27.0. The van der Waals surface area contributed by atoms with Crippen LogP contribution in [0.4, 0.5) is 10.5 Å². The Morgan fingerprint density at radius 1 is 1.38 bits per heavy atom. The summed E-state index contributed by atoms with van der Waals surface area (Å²) in [6, 6.07) is 5.92. The number of hydrogen-bond donors (Lipinski definition) is 1. The highest BCUT2D eigenvalue weighted by Gasteiger charge is 2.19. The summed E-state index contributed by atoms with van der Waals surface area (Å²) in [5.74, 6) is 0. The van der Waals surface area contributed by atoms with Gasteiger partial charge < -0.3 is 4.74 Å². The van der Waals surface area contributed by atoms with E-state index in [2.05, 4.69) is 4.74 Å². The fraction of sp³-hybridized carbons (Fsp3) is 0.222. The molecule has 0 aromatic heterocycles. The number of sulfonamides is 1. The third-order valence-electron chi connectivity index (χ3n) is 1.98. The van der Waals surface area contributed by atoms with Crippen molar-refractivity contribution < 1.29 is 17.9 Å². The molecule has 0 saturated carbocycles. The largest absolute Gasteiger partial charge is 0.452 e. The van der Waals surface area contributed by atoms with Gasteiger partial charge in [0.05, 0.1) is 12.8 Å². The second-order valence-electron chi connectivity index (χ2n) is 3.04. The standard InChI is InChI=1S/C9H12N2O4S/c1-11(9(12)15-2)7-5-3-4-6-8(7)16(10,13)14/h3-6H,1-2H3,(H2,10,13,14). The van der Waals surface area contributed by atoms with E-state index in [0.717, 1.165) is 4.90 Å². The molecule has 0 fully saturated rings. The highest BCUT2D eigenvalue weighted by atomic mass is 32.2. The molecule has 0 bridgehead atoms. The molecule has 1 aromatic carbocycles. The highest BCUT2D eigenvalue weighted by Crippen LogP contribution is 2.23. The van der Waals surface area contributed by atoms with Crippen LogP contribution in [0.2, 0.25) is 0 Å². The van der Waals surface area contributed by atoms with Crippen LogP contribution in [-0.2, 0) is 14.8 Å². The Bertz CT molecular complexity index is 498. The average Bonchev–Trinajstić information content (AvgIpc) is 2.26. The molecule has 1 amide bonds. The number of methoxy groups -OCH3 is 1. The van der Waals surface area contributed by atoms with E-state index in [1.807, 2.05) is 0 Å². The van der Waals surface area contributed by atoms with Gasteiger partial charge in [-0.2, -0.15) is 0 Å². The van der Waals surface area contributed by atoms with E-state index in [4.69, 9.17) is 5.14 Å². The molecule has 1 rings (SSSR count). The first-order chi connectivity index (χ1) is 7.38. The lowest BCUT2D eigenvalue weighted by atomic mass is 10.3. The maximum atomic E-state index is 11.3. The lowest BCUT2D eigenvalue weighted by molar-refractivity contribution is 0.180. The van der Waals surface area contributed by atoms with Crippen LogP contribution in [-0.4, -0.2) is 28.7 Å². The Labute approximate surface area is 93.7 Å². The molecule has 0 saturated heterocycles. The first kappa shape index (κ1) is 12.5. The van der Waals surface area contributed by atoms with Crippen molar-refractivity contribution in [3.8, 4) is 0 Å². The van der Waals surface area contributed by atoms with Gasteiger partial charge >= 0.3 is 6.09 Å². The van der Waals surface area contributed by atoms with Gasteiger partial charge in [0.2, 0.25) is 10.0 Å². The van der Waals surface area contributed by atoms with Crippen molar-refractivity contribution in [2.45, 2.75) is 4.90 Å². The summed E-state index contributed by atoms with van der Waals surface area (Å²) in [5, 5.41) is 5.03. The zero-order valence-electron chi connectivity index (χ0n) is 8.88. The van der Waals surface area contributed by atoms with Crippen molar-refractivity contribution in [2.24, 2.45) is 5.14 Å². The van der Waals surface area contributed by atoms with Gasteiger partial charge in [0.25, 0.3) is 0 Å². The van der Waals surface area contributed by atoms with Crippen molar-refractivity contribution in [1.29, 1.82) is 0 Å². The second-order valence-corrected chi connectivity index (χ2v) is 4.57. The first-order valence-corrected chi connectivity index (χ1v) is 5.86. The monoisotopic (exact) mass is 244 g/mol. The van der Waals surface area contributed by atoms with Crippen LogP contribution in [0, 0.1) is 0 Å². The maximum absolute atomic E-state index is 11.3. The maximum Gasteiger partial charge on any atom is 0.413 e. The number of ether oxygens (including phenoxy) is 1. The topological polar surface area (TPSA) is 89.7 Å². The number of benzene rings is 1. The van der Waals surface area contributed by atoms with E-state index in [-0.39, 0.29) is 10.6 Å². The molecule has 0 aliphatic carbocycles. The Balaban J connectivity index is 3.30. The summed E-state index contributed by atoms with van der Waals surface area (Å²) in [6.45, 7) is 0. The summed E-state index contributed by atoms with van der Waals surface area (Å²) in [6.07, 6.45) is -0.670. The number of carbonyl (C=O) groups excluding carboxylic acids is 1.